The van der Waals surface area contributed by atoms with Crippen LogP contribution < -0.4 is 0 Å². The second-order valence-corrected chi connectivity index (χ2v) is 10.7. The molecule has 1 N–H and O–H groups in total. The van der Waals surface area contributed by atoms with Crippen LogP contribution in [0.15, 0.2) is 30.3 Å². The van der Waals surface area contributed by atoms with E-state index in [9.17, 15) is 29.1 Å². The van der Waals surface area contributed by atoms with Gasteiger partial charge < -0.3 is 33.9 Å². The van der Waals surface area contributed by atoms with Crippen LogP contribution in [0.25, 0.3) is 0 Å². The Bertz CT molecular complexity index is 1080. The number of ether oxygens (including phenoxy) is 4. The van der Waals surface area contributed by atoms with Crippen molar-refractivity contribution in [3.8, 4) is 0 Å². The number of hydrogen-bond donors (Lipinski definition) is 1. The predicted octanol–water partition coefficient (Wildman–Crippen LogP) is -1.14. The van der Waals surface area contributed by atoms with E-state index in [0.717, 1.165) is 5.56 Å². The van der Waals surface area contributed by atoms with E-state index in [1.54, 1.807) is 14.7 Å². The highest BCUT2D eigenvalue weighted by Gasteiger charge is 2.33. The number of amides is 1. The predicted molar refractivity (Wildman–Crippen MR) is 162 cm³/mol. The first-order valence-electron chi connectivity index (χ1n) is 14.8. The number of rotatable bonds is 20. The highest BCUT2D eigenvalue weighted by atomic mass is 16.5. The van der Waals surface area contributed by atoms with Crippen LogP contribution in [-0.4, -0.2) is 179 Å². The molecule has 0 aliphatic carbocycles. The zero-order chi connectivity index (χ0) is 33.2. The number of carbonyl (C=O) groups is 5. The molecule has 0 saturated carbocycles. The second kappa shape index (κ2) is 20.4. The quantitative estimate of drug-likeness (QED) is 0.135. The molecule has 1 fully saturated rings. The molecule has 1 aliphatic rings. The van der Waals surface area contributed by atoms with Crippen molar-refractivity contribution in [1.82, 2.24) is 24.5 Å². The first-order valence-corrected chi connectivity index (χ1v) is 14.8. The molecule has 1 unspecified atom stereocenters. The Morgan fingerprint density at radius 2 is 1.29 bits per heavy atom. The minimum atomic E-state index is -1.12. The van der Waals surface area contributed by atoms with Crippen LogP contribution in [0.1, 0.15) is 5.56 Å². The summed E-state index contributed by atoms with van der Waals surface area (Å²) in [6.45, 7) is 2.47. The molecule has 0 aromatic heterocycles. The average Bonchev–Trinajstić information content (AvgIpc) is 3.03. The van der Waals surface area contributed by atoms with E-state index < -0.39 is 36.5 Å². The Morgan fingerprint density at radius 3 is 1.87 bits per heavy atom. The number of esters is 3. The van der Waals surface area contributed by atoms with Gasteiger partial charge in [-0.25, -0.2) is 0 Å². The number of methoxy groups -OCH3 is 3. The molecule has 0 bridgehead atoms. The number of piperazine rings is 1. The van der Waals surface area contributed by atoms with Crippen LogP contribution in [-0.2, 0) is 49.5 Å². The highest BCUT2D eigenvalue weighted by Crippen LogP contribution is 2.12. The van der Waals surface area contributed by atoms with Gasteiger partial charge in [0.25, 0.3) is 0 Å². The van der Waals surface area contributed by atoms with E-state index in [2.05, 4.69) is 9.64 Å². The van der Waals surface area contributed by atoms with Gasteiger partial charge in [-0.2, -0.15) is 0 Å². The minimum absolute atomic E-state index is 0.0135. The van der Waals surface area contributed by atoms with Crippen molar-refractivity contribution < 1.29 is 48.0 Å². The van der Waals surface area contributed by atoms with Gasteiger partial charge in [-0.3, -0.25) is 38.7 Å². The fraction of sp³-hybridized carbons (Fsp3) is 0.633. The number of aliphatic carboxylic acids is 1. The maximum absolute atomic E-state index is 13.9. The summed E-state index contributed by atoms with van der Waals surface area (Å²) < 4.78 is 20.5. The first-order chi connectivity index (χ1) is 21.6. The van der Waals surface area contributed by atoms with Gasteiger partial charge >= 0.3 is 23.9 Å². The van der Waals surface area contributed by atoms with Gasteiger partial charge in [0.2, 0.25) is 5.91 Å². The third-order valence-electron chi connectivity index (χ3n) is 7.44. The molecule has 2 rings (SSSR count). The lowest BCUT2D eigenvalue weighted by Crippen LogP contribution is -2.57. The van der Waals surface area contributed by atoms with Crippen molar-refractivity contribution in [2.75, 3.05) is 114 Å². The van der Waals surface area contributed by atoms with Gasteiger partial charge in [-0.05, 0) is 12.6 Å². The van der Waals surface area contributed by atoms with Gasteiger partial charge in [-0.15, -0.1) is 0 Å². The summed E-state index contributed by atoms with van der Waals surface area (Å²) >= 11 is 0. The molecule has 45 heavy (non-hydrogen) atoms. The number of hydrogen-bond acceptors (Lipinski definition) is 13. The van der Waals surface area contributed by atoms with Crippen molar-refractivity contribution in [3.05, 3.63) is 35.9 Å². The lowest BCUT2D eigenvalue weighted by atomic mass is 10.2. The standard InChI is InChI=1S/C30H47N5O10/c1-31-10-15-34(16-11-31)30(41)25(23-45-22-24-8-6-5-7-9-24)35(21-29(40)44-4)17-14-32(19-27(38)42-2)12-13-33(18-26(36)37)20-28(39)43-3/h5-9,25H,10-23H2,1-4H3,(H,36,37). The van der Waals surface area contributed by atoms with Crippen molar-refractivity contribution in [1.29, 1.82) is 0 Å². The number of likely N-dealkylation sites (N-methyl/N-ethyl adjacent to an activating group) is 1. The fourth-order valence-corrected chi connectivity index (χ4v) is 4.73. The Labute approximate surface area is 264 Å². The summed E-state index contributed by atoms with van der Waals surface area (Å²) in [5.41, 5.74) is 0.935. The monoisotopic (exact) mass is 637 g/mol. The summed E-state index contributed by atoms with van der Waals surface area (Å²) in [4.78, 5) is 70.6. The number of carboxylic acids is 1. The molecule has 252 valence electrons. The molecular formula is C30H47N5O10. The van der Waals surface area contributed by atoms with Gasteiger partial charge in [0.1, 0.15) is 6.04 Å². The normalized spacial score (nSPS) is 14.4. The van der Waals surface area contributed by atoms with Gasteiger partial charge in [0.05, 0.1) is 60.7 Å². The second-order valence-electron chi connectivity index (χ2n) is 10.7. The molecule has 15 nitrogen and oxygen atoms in total. The molecule has 1 heterocycles. The largest absolute Gasteiger partial charge is 0.480 e. The van der Waals surface area contributed by atoms with Crippen molar-refractivity contribution in [3.63, 3.8) is 0 Å². The molecule has 15 heteroatoms. The van der Waals surface area contributed by atoms with Gasteiger partial charge in [-0.1, -0.05) is 30.3 Å². The Hall–Kier alpha value is -3.63. The van der Waals surface area contributed by atoms with Crippen LogP contribution in [0.5, 0.6) is 0 Å². The smallest absolute Gasteiger partial charge is 0.319 e. The third kappa shape index (κ3) is 14.3. The van der Waals surface area contributed by atoms with Crippen LogP contribution in [0.4, 0.5) is 0 Å². The van der Waals surface area contributed by atoms with Crippen molar-refractivity contribution in [2.45, 2.75) is 12.6 Å². The lowest BCUT2D eigenvalue weighted by molar-refractivity contribution is -0.148. The molecule has 1 saturated heterocycles. The van der Waals surface area contributed by atoms with E-state index in [1.807, 2.05) is 37.4 Å². The topological polar surface area (TPSA) is 159 Å². The van der Waals surface area contributed by atoms with E-state index in [4.69, 9.17) is 14.2 Å². The summed E-state index contributed by atoms with van der Waals surface area (Å²) in [5.74, 6) is -2.96. The maximum Gasteiger partial charge on any atom is 0.319 e. The third-order valence-corrected chi connectivity index (χ3v) is 7.44. The summed E-state index contributed by atoms with van der Waals surface area (Å²) in [5, 5.41) is 9.30. The molecule has 1 aliphatic heterocycles. The minimum Gasteiger partial charge on any atom is -0.480 e. The highest BCUT2D eigenvalue weighted by molar-refractivity contribution is 5.83. The van der Waals surface area contributed by atoms with Crippen LogP contribution in [0.3, 0.4) is 0 Å². The van der Waals surface area contributed by atoms with E-state index >= 15 is 0 Å². The summed E-state index contributed by atoms with van der Waals surface area (Å²) in [6.07, 6.45) is 0. The fourth-order valence-electron chi connectivity index (χ4n) is 4.73. The molecule has 1 aromatic carbocycles. The lowest BCUT2D eigenvalue weighted by Gasteiger charge is -2.38. The zero-order valence-electron chi connectivity index (χ0n) is 26.7. The molecule has 1 amide bonds. The van der Waals surface area contributed by atoms with Crippen molar-refractivity contribution in [2.24, 2.45) is 0 Å². The summed E-state index contributed by atoms with van der Waals surface area (Å²) in [7, 11) is 5.73. The number of benzene rings is 1. The molecule has 1 aromatic rings. The van der Waals surface area contributed by atoms with E-state index in [-0.39, 0.29) is 64.9 Å². The Balaban J connectivity index is 2.26. The van der Waals surface area contributed by atoms with Gasteiger partial charge in [0, 0.05) is 52.4 Å². The molecule has 0 spiro atoms. The molecule has 0 radical (unpaired) electrons. The SMILES string of the molecule is COC(=O)CN(CCN(CC(=O)O)CC(=O)OC)CCN(CC(=O)OC)C(COCc1ccccc1)C(=O)N1CCN(C)CC1. The van der Waals surface area contributed by atoms with Crippen LogP contribution in [0.2, 0.25) is 0 Å². The van der Waals surface area contributed by atoms with E-state index in [0.29, 0.717) is 26.2 Å². The maximum atomic E-state index is 13.9. The van der Waals surface area contributed by atoms with E-state index in [1.165, 1.54) is 26.2 Å². The number of carbonyl (C=O) groups excluding carboxylic acids is 4. The number of carboxylic acid groups (broad SMARTS) is 1. The van der Waals surface area contributed by atoms with Crippen LogP contribution in [0, 0.1) is 0 Å². The van der Waals surface area contributed by atoms with Crippen LogP contribution >= 0.6 is 0 Å². The number of nitrogens with zero attached hydrogens (tertiary/aromatic N) is 5. The molecule has 1 atom stereocenters. The van der Waals surface area contributed by atoms with Gasteiger partial charge in [0.15, 0.2) is 0 Å². The average molecular weight is 638 g/mol. The Kier molecular flexibility index (Phi) is 17.0. The summed E-state index contributed by atoms with van der Waals surface area (Å²) in [6, 6.07) is 8.71. The zero-order valence-corrected chi connectivity index (χ0v) is 26.7. The van der Waals surface area contributed by atoms with Crippen molar-refractivity contribution >= 4 is 29.8 Å². The molecular weight excluding hydrogens is 590 g/mol. The Morgan fingerprint density at radius 1 is 0.756 bits per heavy atom. The first kappa shape index (κ1) is 37.6.